The van der Waals surface area contributed by atoms with Crippen LogP contribution in [0.4, 0.5) is 0 Å². The molecule has 90 valence electrons. The molecule has 1 aliphatic carbocycles. The third kappa shape index (κ3) is 2.13. The maximum atomic E-state index is 11.8. The van der Waals surface area contributed by atoms with Gasteiger partial charge in [0.1, 0.15) is 0 Å². The molecule has 1 aliphatic heterocycles. The van der Waals surface area contributed by atoms with Crippen LogP contribution >= 0.6 is 0 Å². The van der Waals surface area contributed by atoms with Crippen LogP contribution in [0.25, 0.3) is 0 Å². The van der Waals surface area contributed by atoms with Crippen LogP contribution in [0, 0.1) is 11.8 Å². The summed E-state index contributed by atoms with van der Waals surface area (Å²) in [6.07, 6.45) is 4.91. The fourth-order valence-corrected chi connectivity index (χ4v) is 3.21. The fraction of sp³-hybridized carbons (Fsp3) is 0.846. The van der Waals surface area contributed by atoms with Gasteiger partial charge in [-0.05, 0) is 24.7 Å². The van der Waals surface area contributed by atoms with Crippen LogP contribution in [0.1, 0.15) is 46.0 Å². The van der Waals surface area contributed by atoms with E-state index in [-0.39, 0.29) is 18.1 Å². The van der Waals surface area contributed by atoms with E-state index in [1.54, 1.807) is 0 Å². The largest absolute Gasteiger partial charge is 0.332 e. The summed E-state index contributed by atoms with van der Waals surface area (Å²) in [4.78, 5) is 24.9. The Balaban J connectivity index is 2.11. The van der Waals surface area contributed by atoms with Crippen LogP contribution in [0.2, 0.25) is 0 Å². The van der Waals surface area contributed by atoms with Gasteiger partial charge in [0.2, 0.25) is 5.91 Å². The molecule has 0 spiro atoms. The molecule has 2 rings (SSSR count). The number of likely N-dealkylation sites (tertiary alicyclic amines) is 1. The van der Waals surface area contributed by atoms with Crippen molar-refractivity contribution in [2.45, 2.75) is 52.0 Å². The first-order valence-electron chi connectivity index (χ1n) is 6.40. The van der Waals surface area contributed by atoms with Crippen molar-refractivity contribution in [1.29, 1.82) is 0 Å². The summed E-state index contributed by atoms with van der Waals surface area (Å²) in [7, 11) is 0. The molecule has 0 aromatic rings. The molecule has 3 heteroatoms. The molecule has 16 heavy (non-hydrogen) atoms. The third-order valence-corrected chi connectivity index (χ3v) is 4.05. The van der Waals surface area contributed by atoms with Crippen molar-refractivity contribution in [3.05, 3.63) is 0 Å². The monoisotopic (exact) mass is 223 g/mol. The van der Waals surface area contributed by atoms with E-state index in [1.807, 2.05) is 4.90 Å². The molecule has 0 radical (unpaired) electrons. The lowest BCUT2D eigenvalue weighted by molar-refractivity contribution is -0.131. The maximum Gasteiger partial charge on any atom is 0.230 e. The van der Waals surface area contributed by atoms with Crippen LogP contribution in [0.15, 0.2) is 0 Å². The van der Waals surface area contributed by atoms with Gasteiger partial charge in [0.25, 0.3) is 0 Å². The van der Waals surface area contributed by atoms with Gasteiger partial charge in [0, 0.05) is 6.04 Å². The van der Waals surface area contributed by atoms with E-state index in [4.69, 9.17) is 0 Å². The van der Waals surface area contributed by atoms with Gasteiger partial charge in [0.05, 0.1) is 13.0 Å². The molecule has 1 amide bonds. The zero-order chi connectivity index (χ0) is 11.7. The van der Waals surface area contributed by atoms with Gasteiger partial charge in [-0.15, -0.1) is 0 Å². The maximum absolute atomic E-state index is 11.8. The Morgan fingerprint density at radius 1 is 1.19 bits per heavy atom. The minimum absolute atomic E-state index is 0.0579. The first-order valence-corrected chi connectivity index (χ1v) is 6.40. The Morgan fingerprint density at radius 2 is 1.88 bits per heavy atom. The molecule has 2 atom stereocenters. The molecular weight excluding hydrogens is 202 g/mol. The Morgan fingerprint density at radius 3 is 2.44 bits per heavy atom. The lowest BCUT2D eigenvalue weighted by Gasteiger charge is -2.39. The average molecular weight is 223 g/mol. The van der Waals surface area contributed by atoms with Gasteiger partial charge in [0.15, 0.2) is 5.78 Å². The molecule has 1 heterocycles. The van der Waals surface area contributed by atoms with E-state index in [9.17, 15) is 9.59 Å². The van der Waals surface area contributed by atoms with Crippen molar-refractivity contribution in [3.63, 3.8) is 0 Å². The second kappa shape index (κ2) is 4.56. The van der Waals surface area contributed by atoms with Crippen LogP contribution in [0.3, 0.4) is 0 Å². The van der Waals surface area contributed by atoms with Crippen molar-refractivity contribution in [3.8, 4) is 0 Å². The minimum atomic E-state index is 0.0579. The number of rotatable bonds is 2. The average Bonchev–Trinajstić information content (AvgIpc) is 2.57. The van der Waals surface area contributed by atoms with E-state index in [0.717, 1.165) is 6.42 Å². The number of hydrogen-bond acceptors (Lipinski definition) is 2. The predicted octanol–water partition coefficient (Wildman–Crippen LogP) is 2.00. The zero-order valence-corrected chi connectivity index (χ0v) is 10.2. The van der Waals surface area contributed by atoms with E-state index in [2.05, 4.69) is 13.8 Å². The third-order valence-electron chi connectivity index (χ3n) is 4.05. The van der Waals surface area contributed by atoms with Crippen molar-refractivity contribution in [2.24, 2.45) is 11.8 Å². The molecule has 0 N–H and O–H groups in total. The van der Waals surface area contributed by atoms with Crippen molar-refractivity contribution >= 4 is 11.7 Å². The number of ketones is 1. The normalized spacial score (nSPS) is 31.6. The van der Waals surface area contributed by atoms with E-state index < -0.39 is 0 Å². The van der Waals surface area contributed by atoms with Crippen molar-refractivity contribution in [2.75, 3.05) is 6.54 Å². The van der Waals surface area contributed by atoms with Crippen LogP contribution in [0.5, 0.6) is 0 Å². The van der Waals surface area contributed by atoms with Crippen molar-refractivity contribution in [1.82, 2.24) is 4.90 Å². The van der Waals surface area contributed by atoms with Crippen LogP contribution in [-0.2, 0) is 9.59 Å². The van der Waals surface area contributed by atoms with E-state index in [1.165, 1.54) is 19.3 Å². The highest BCUT2D eigenvalue weighted by Gasteiger charge is 2.38. The topological polar surface area (TPSA) is 37.4 Å². The SMILES string of the molecule is CC(C)C1CCCCC1N1CC(=O)CC1=O. The highest BCUT2D eigenvalue weighted by atomic mass is 16.2. The summed E-state index contributed by atoms with van der Waals surface area (Å²) in [5.74, 6) is 1.35. The van der Waals surface area contributed by atoms with Gasteiger partial charge in [-0.2, -0.15) is 0 Å². The summed E-state index contributed by atoms with van der Waals surface area (Å²) in [5.41, 5.74) is 0. The zero-order valence-electron chi connectivity index (χ0n) is 10.2. The molecule has 0 aromatic heterocycles. The number of nitrogens with zero attached hydrogens (tertiary/aromatic N) is 1. The summed E-state index contributed by atoms with van der Waals surface area (Å²) in [6.45, 7) is 4.82. The van der Waals surface area contributed by atoms with Gasteiger partial charge in [-0.1, -0.05) is 26.7 Å². The standard InChI is InChI=1S/C13H21NO2/c1-9(2)11-5-3-4-6-12(11)14-8-10(15)7-13(14)16/h9,11-12H,3-8H2,1-2H3. The minimum Gasteiger partial charge on any atom is -0.332 e. The molecule has 0 bridgehead atoms. The number of Topliss-reactive ketones (excluding diaryl/α,β-unsaturated/α-hetero) is 1. The number of carbonyl (C=O) groups is 2. The van der Waals surface area contributed by atoms with Crippen LogP contribution in [-0.4, -0.2) is 29.2 Å². The lowest BCUT2D eigenvalue weighted by Crippen LogP contribution is -2.45. The van der Waals surface area contributed by atoms with Gasteiger partial charge >= 0.3 is 0 Å². The highest BCUT2D eigenvalue weighted by molar-refractivity contribution is 6.05. The first kappa shape index (κ1) is 11.6. The lowest BCUT2D eigenvalue weighted by atomic mass is 9.77. The second-order valence-corrected chi connectivity index (χ2v) is 5.50. The molecule has 2 fully saturated rings. The van der Waals surface area contributed by atoms with Gasteiger partial charge < -0.3 is 4.90 Å². The van der Waals surface area contributed by atoms with E-state index in [0.29, 0.717) is 24.4 Å². The fourth-order valence-electron chi connectivity index (χ4n) is 3.21. The number of amides is 1. The first-order chi connectivity index (χ1) is 7.59. The molecule has 1 saturated carbocycles. The molecule has 3 nitrogen and oxygen atoms in total. The number of carbonyl (C=O) groups excluding carboxylic acids is 2. The molecule has 2 aliphatic rings. The summed E-state index contributed by atoms with van der Waals surface area (Å²) < 4.78 is 0. The molecule has 1 saturated heterocycles. The van der Waals surface area contributed by atoms with Crippen LogP contribution < -0.4 is 0 Å². The molecule has 2 unspecified atom stereocenters. The highest BCUT2D eigenvalue weighted by Crippen LogP contribution is 2.34. The quantitative estimate of drug-likeness (QED) is 0.671. The second-order valence-electron chi connectivity index (χ2n) is 5.50. The Kier molecular flexibility index (Phi) is 3.31. The summed E-state index contributed by atoms with van der Waals surface area (Å²) >= 11 is 0. The van der Waals surface area contributed by atoms with E-state index >= 15 is 0 Å². The summed E-state index contributed by atoms with van der Waals surface area (Å²) in [5, 5.41) is 0. The number of hydrogen-bond donors (Lipinski definition) is 0. The smallest absolute Gasteiger partial charge is 0.230 e. The van der Waals surface area contributed by atoms with Crippen molar-refractivity contribution < 1.29 is 9.59 Å². The van der Waals surface area contributed by atoms with Gasteiger partial charge in [-0.3, -0.25) is 9.59 Å². The molecule has 0 aromatic carbocycles. The Labute approximate surface area is 97.2 Å². The predicted molar refractivity (Wildman–Crippen MR) is 61.9 cm³/mol. The Bertz CT molecular complexity index is 298. The van der Waals surface area contributed by atoms with Gasteiger partial charge in [-0.25, -0.2) is 0 Å². The molecular formula is C13H21NO2. The Hall–Kier alpha value is -0.860. The summed E-state index contributed by atoms with van der Waals surface area (Å²) in [6, 6.07) is 0.327.